The highest BCUT2D eigenvalue weighted by molar-refractivity contribution is 5.59. The van der Waals surface area contributed by atoms with E-state index >= 15 is 0 Å². The van der Waals surface area contributed by atoms with Crippen molar-refractivity contribution in [3.63, 3.8) is 0 Å². The lowest BCUT2D eigenvalue weighted by molar-refractivity contribution is 0.134. The quantitative estimate of drug-likeness (QED) is 0.804. The summed E-state index contributed by atoms with van der Waals surface area (Å²) in [5.41, 5.74) is 6.46. The predicted octanol–water partition coefficient (Wildman–Crippen LogP) is 4.16. The van der Waals surface area contributed by atoms with Crippen molar-refractivity contribution in [2.45, 2.75) is 39.2 Å². The molecule has 6 heteroatoms. The van der Waals surface area contributed by atoms with Gasteiger partial charge >= 0.3 is 0 Å². The maximum absolute atomic E-state index is 13.3. The van der Waals surface area contributed by atoms with Crippen LogP contribution in [0, 0.1) is 5.92 Å². The molecule has 126 valence electrons. The molecule has 0 aliphatic carbocycles. The van der Waals surface area contributed by atoms with E-state index in [-0.39, 0.29) is 18.1 Å². The molecule has 2 aromatic rings. The second-order valence-corrected chi connectivity index (χ2v) is 6.52. The Morgan fingerprint density at radius 2 is 2.04 bits per heavy atom. The van der Waals surface area contributed by atoms with Crippen molar-refractivity contribution >= 4 is 0 Å². The van der Waals surface area contributed by atoms with Gasteiger partial charge in [-0.1, -0.05) is 13.8 Å². The number of ether oxygens (including phenoxy) is 1. The van der Waals surface area contributed by atoms with Crippen LogP contribution in [0.25, 0.3) is 11.3 Å². The molecule has 0 aliphatic heterocycles. The smallest absolute Gasteiger partial charge is 0.284 e. The summed E-state index contributed by atoms with van der Waals surface area (Å²) in [6, 6.07) is 4.97. The van der Waals surface area contributed by atoms with E-state index in [1.165, 1.54) is 6.07 Å². The zero-order chi connectivity index (χ0) is 17.0. The van der Waals surface area contributed by atoms with Crippen molar-refractivity contribution in [2.75, 3.05) is 6.61 Å². The van der Waals surface area contributed by atoms with Crippen LogP contribution in [0.15, 0.2) is 30.6 Å². The molecule has 2 aromatic heterocycles. The van der Waals surface area contributed by atoms with Crippen molar-refractivity contribution in [3.8, 4) is 17.0 Å². The van der Waals surface area contributed by atoms with Crippen LogP contribution in [0.5, 0.6) is 5.75 Å². The van der Waals surface area contributed by atoms with Crippen LogP contribution in [0.3, 0.4) is 0 Å². The zero-order valence-corrected chi connectivity index (χ0v) is 13.6. The van der Waals surface area contributed by atoms with E-state index in [4.69, 9.17) is 10.5 Å². The maximum Gasteiger partial charge on any atom is 0.284 e. The van der Waals surface area contributed by atoms with Gasteiger partial charge in [-0.25, -0.2) is 13.8 Å². The number of halogens is 2. The Kier molecular flexibility index (Phi) is 5.36. The number of H-pyrrole nitrogens is 1. The Bertz CT molecular complexity index is 625. The van der Waals surface area contributed by atoms with Crippen molar-refractivity contribution < 1.29 is 13.5 Å². The molecule has 3 N–H and O–H groups in total. The van der Waals surface area contributed by atoms with Crippen LogP contribution < -0.4 is 10.5 Å². The molecule has 0 fully saturated rings. The molecule has 2 heterocycles. The molecule has 2 rings (SSSR count). The zero-order valence-electron chi connectivity index (χ0n) is 13.6. The largest absolute Gasteiger partial charge is 0.490 e. The molecule has 0 unspecified atom stereocenters. The summed E-state index contributed by atoms with van der Waals surface area (Å²) in [4.78, 5) is 6.92. The van der Waals surface area contributed by atoms with Crippen LogP contribution in [-0.2, 0) is 0 Å². The Morgan fingerprint density at radius 1 is 1.30 bits per heavy atom. The number of hydrogen-bond acceptors (Lipinski definition) is 3. The Morgan fingerprint density at radius 3 is 2.61 bits per heavy atom. The number of nitrogens with two attached hydrogens (primary N) is 1. The minimum Gasteiger partial charge on any atom is -0.490 e. The number of pyridine rings is 1. The third kappa shape index (κ3) is 4.76. The molecule has 4 nitrogen and oxygen atoms in total. The fraction of sp³-hybridized carbons (Fsp3) is 0.471. The molecule has 0 aromatic carbocycles. The van der Waals surface area contributed by atoms with Crippen LogP contribution in [0.1, 0.15) is 39.3 Å². The number of aromatic amines is 1. The van der Waals surface area contributed by atoms with Gasteiger partial charge in [0.15, 0.2) is 0 Å². The van der Waals surface area contributed by atoms with Gasteiger partial charge in [-0.2, -0.15) is 0 Å². The van der Waals surface area contributed by atoms with Gasteiger partial charge in [-0.05, 0) is 37.5 Å². The molecule has 0 radical (unpaired) electrons. The number of hydrogen-bond donors (Lipinski definition) is 2. The van der Waals surface area contributed by atoms with Gasteiger partial charge in [0.2, 0.25) is 0 Å². The first-order chi connectivity index (χ1) is 10.8. The predicted molar refractivity (Wildman–Crippen MR) is 86.5 cm³/mol. The lowest BCUT2D eigenvalue weighted by Gasteiger charge is -2.27. The molecule has 23 heavy (non-hydrogen) atoms. The number of alkyl halides is 2. The highest BCUT2D eigenvalue weighted by atomic mass is 19.3. The molecular formula is C17H23F2N3O. The maximum atomic E-state index is 13.3. The number of aromatic nitrogens is 2. The van der Waals surface area contributed by atoms with Gasteiger partial charge in [0, 0.05) is 23.5 Å². The summed E-state index contributed by atoms with van der Waals surface area (Å²) in [5.74, 6) is 0.483. The number of nitrogens with one attached hydrogen (secondary N) is 1. The third-order valence-corrected chi connectivity index (χ3v) is 3.42. The van der Waals surface area contributed by atoms with Crippen LogP contribution in [0.2, 0.25) is 0 Å². The first kappa shape index (κ1) is 17.4. The highest BCUT2D eigenvalue weighted by Gasteiger charge is 2.24. The topological polar surface area (TPSA) is 63.9 Å². The average molecular weight is 323 g/mol. The van der Waals surface area contributed by atoms with E-state index in [1.807, 2.05) is 6.92 Å². The van der Waals surface area contributed by atoms with Gasteiger partial charge in [-0.15, -0.1) is 0 Å². The van der Waals surface area contributed by atoms with E-state index in [2.05, 4.69) is 23.8 Å². The van der Waals surface area contributed by atoms with Crippen LogP contribution >= 0.6 is 0 Å². The molecular weight excluding hydrogens is 300 g/mol. The monoisotopic (exact) mass is 323 g/mol. The molecule has 0 aliphatic rings. The van der Waals surface area contributed by atoms with E-state index in [0.29, 0.717) is 11.6 Å². The normalized spacial score (nSPS) is 14.3. The highest BCUT2D eigenvalue weighted by Crippen LogP contribution is 2.31. The second kappa shape index (κ2) is 7.08. The Balaban J connectivity index is 2.18. The molecule has 0 amide bonds. The minimum atomic E-state index is -2.71. The van der Waals surface area contributed by atoms with Crippen LogP contribution in [-0.4, -0.2) is 22.1 Å². The van der Waals surface area contributed by atoms with Crippen molar-refractivity contribution in [1.82, 2.24) is 9.97 Å². The lowest BCUT2D eigenvalue weighted by atomic mass is 9.93. The van der Waals surface area contributed by atoms with Crippen molar-refractivity contribution in [3.05, 3.63) is 36.3 Å². The fourth-order valence-corrected chi connectivity index (χ4v) is 2.62. The first-order valence-electron chi connectivity index (χ1n) is 7.62. The molecule has 0 saturated heterocycles. The summed E-state index contributed by atoms with van der Waals surface area (Å²) in [7, 11) is 0. The molecule has 0 saturated carbocycles. The summed E-state index contributed by atoms with van der Waals surface area (Å²) < 4.78 is 32.2. The van der Waals surface area contributed by atoms with Crippen molar-refractivity contribution in [1.29, 1.82) is 0 Å². The van der Waals surface area contributed by atoms with Crippen molar-refractivity contribution in [2.24, 2.45) is 11.7 Å². The van der Waals surface area contributed by atoms with E-state index in [1.54, 1.807) is 24.5 Å². The summed E-state index contributed by atoms with van der Waals surface area (Å²) in [5, 5.41) is 0. The van der Waals surface area contributed by atoms with E-state index in [0.717, 1.165) is 12.0 Å². The van der Waals surface area contributed by atoms with E-state index < -0.39 is 12.0 Å². The standard InChI is InChI=1S/C17H23F2N3O/c1-11(2)8-17(3,20)10-23-14-5-4-13(12-6-7-21-9-12)22-15(14)16(18)19/h4-7,9,11,16,21H,8,10,20H2,1-3H3/t17-/m0/s1. The minimum absolute atomic E-state index is 0.0831. The number of rotatable bonds is 7. The summed E-state index contributed by atoms with van der Waals surface area (Å²) >= 11 is 0. The van der Waals surface area contributed by atoms with Gasteiger partial charge < -0.3 is 15.5 Å². The van der Waals surface area contributed by atoms with Crippen LogP contribution in [0.4, 0.5) is 8.78 Å². The average Bonchev–Trinajstić information content (AvgIpc) is 2.97. The van der Waals surface area contributed by atoms with Gasteiger partial charge in [-0.3, -0.25) is 0 Å². The summed E-state index contributed by atoms with van der Waals surface area (Å²) in [6.07, 6.45) is 1.46. The number of nitrogens with zero attached hydrogens (tertiary/aromatic N) is 1. The van der Waals surface area contributed by atoms with Gasteiger partial charge in [0.05, 0.1) is 5.69 Å². The Labute approximate surface area is 135 Å². The molecule has 1 atom stereocenters. The Hall–Kier alpha value is -1.95. The fourth-order valence-electron chi connectivity index (χ4n) is 2.62. The SMILES string of the molecule is CC(C)C[C@](C)(N)COc1ccc(-c2cc[nH]c2)nc1C(F)F. The van der Waals surface area contributed by atoms with Gasteiger partial charge in [0.25, 0.3) is 6.43 Å². The molecule has 0 spiro atoms. The molecule has 0 bridgehead atoms. The first-order valence-corrected chi connectivity index (χ1v) is 7.62. The van der Waals surface area contributed by atoms with Gasteiger partial charge in [0.1, 0.15) is 18.1 Å². The third-order valence-electron chi connectivity index (χ3n) is 3.42. The second-order valence-electron chi connectivity index (χ2n) is 6.52. The summed E-state index contributed by atoms with van der Waals surface area (Å²) in [6.45, 7) is 6.14. The van der Waals surface area contributed by atoms with E-state index in [9.17, 15) is 8.78 Å². The lowest BCUT2D eigenvalue weighted by Crippen LogP contribution is -2.43.